The maximum Gasteiger partial charge on any atom is 0.335 e. The first-order chi connectivity index (χ1) is 17.5. The summed E-state index contributed by atoms with van der Waals surface area (Å²) < 4.78 is 17.2. The molecule has 2 atom stereocenters. The smallest absolute Gasteiger partial charge is 0.335 e. The summed E-state index contributed by atoms with van der Waals surface area (Å²) >= 11 is 0. The number of hydrogen-bond acceptors (Lipinski definition) is 4. The summed E-state index contributed by atoms with van der Waals surface area (Å²) in [7, 11) is 0. The third kappa shape index (κ3) is 11.6. The molecule has 200 valence electrons. The molecule has 2 aromatic rings. The normalized spacial score (nSPS) is 12.8. The zero-order valence-corrected chi connectivity index (χ0v) is 23.1. The van der Waals surface area contributed by atoms with E-state index in [0.29, 0.717) is 6.61 Å². The molecule has 0 aliphatic carbocycles. The molecule has 0 saturated carbocycles. The van der Waals surface area contributed by atoms with Crippen molar-refractivity contribution in [3.63, 3.8) is 0 Å². The van der Waals surface area contributed by atoms with E-state index < -0.39 is 6.10 Å². The minimum atomic E-state index is -0.542. The second-order valence-electron chi connectivity index (χ2n) is 9.77. The summed E-state index contributed by atoms with van der Waals surface area (Å²) in [5.74, 6) is 0.610. The molecule has 0 aliphatic heterocycles. The van der Waals surface area contributed by atoms with Crippen LogP contribution in [0.15, 0.2) is 48.5 Å². The largest absolute Gasteiger partial charge is 0.494 e. The average molecular weight is 497 g/mol. The van der Waals surface area contributed by atoms with Crippen molar-refractivity contribution in [1.82, 2.24) is 0 Å². The van der Waals surface area contributed by atoms with E-state index in [0.717, 1.165) is 48.3 Å². The Bertz CT molecular complexity index is 828. The van der Waals surface area contributed by atoms with Crippen LogP contribution in [0.1, 0.15) is 110 Å². The van der Waals surface area contributed by atoms with Gasteiger partial charge in [-0.2, -0.15) is 0 Å². The van der Waals surface area contributed by atoms with Crippen molar-refractivity contribution in [1.29, 1.82) is 0 Å². The van der Waals surface area contributed by atoms with Crippen LogP contribution in [-0.4, -0.2) is 25.3 Å². The fraction of sp³-hybridized carbons (Fsp3) is 0.594. The maximum atomic E-state index is 12.4. The fourth-order valence-corrected chi connectivity index (χ4v) is 4.13. The van der Waals surface area contributed by atoms with Gasteiger partial charge in [0.25, 0.3) is 0 Å². The Morgan fingerprint density at radius 3 is 1.75 bits per heavy atom. The maximum absolute atomic E-state index is 12.4. The molecule has 0 amide bonds. The zero-order valence-electron chi connectivity index (χ0n) is 23.1. The second kappa shape index (κ2) is 18.0. The predicted molar refractivity (Wildman–Crippen MR) is 149 cm³/mol. The van der Waals surface area contributed by atoms with E-state index in [1.54, 1.807) is 6.92 Å². The molecule has 0 N–H and O–H groups in total. The van der Waals surface area contributed by atoms with Gasteiger partial charge in [0.05, 0.1) is 6.61 Å². The van der Waals surface area contributed by atoms with Gasteiger partial charge in [0, 0.05) is 6.61 Å². The first-order valence-electron chi connectivity index (χ1n) is 14.2. The lowest BCUT2D eigenvalue weighted by atomic mass is 10.0. The SMILES string of the molecule is CCCCCCCCOc1ccc(-c2ccc(C(C)OC(=O)C(C)OCCCCCCC)cc2)cc1. The molecule has 0 spiro atoms. The van der Waals surface area contributed by atoms with E-state index in [1.165, 1.54) is 51.4 Å². The van der Waals surface area contributed by atoms with Crippen molar-refractivity contribution < 1.29 is 19.0 Å². The van der Waals surface area contributed by atoms with Gasteiger partial charge >= 0.3 is 5.97 Å². The van der Waals surface area contributed by atoms with Gasteiger partial charge in [0.2, 0.25) is 0 Å². The molecular weight excluding hydrogens is 448 g/mol. The quantitative estimate of drug-likeness (QED) is 0.144. The third-order valence-corrected chi connectivity index (χ3v) is 6.57. The summed E-state index contributed by atoms with van der Waals surface area (Å²) in [6.07, 6.45) is 12.6. The van der Waals surface area contributed by atoms with Crippen LogP contribution in [0.2, 0.25) is 0 Å². The van der Waals surface area contributed by atoms with Crippen molar-refractivity contribution >= 4 is 5.97 Å². The van der Waals surface area contributed by atoms with Crippen LogP contribution in [0.25, 0.3) is 11.1 Å². The summed E-state index contributed by atoms with van der Waals surface area (Å²) in [5, 5.41) is 0. The first-order valence-corrected chi connectivity index (χ1v) is 14.2. The number of hydrogen-bond donors (Lipinski definition) is 0. The van der Waals surface area contributed by atoms with Crippen LogP contribution in [0.4, 0.5) is 0 Å². The summed E-state index contributed by atoms with van der Waals surface area (Å²) in [5.41, 5.74) is 3.23. The number of unbranched alkanes of at least 4 members (excludes halogenated alkanes) is 9. The van der Waals surface area contributed by atoms with Gasteiger partial charge in [0.15, 0.2) is 6.10 Å². The van der Waals surface area contributed by atoms with E-state index in [1.807, 2.05) is 31.2 Å². The predicted octanol–water partition coefficient (Wildman–Crippen LogP) is 9.07. The van der Waals surface area contributed by atoms with Crippen LogP contribution in [-0.2, 0) is 14.3 Å². The van der Waals surface area contributed by atoms with Crippen LogP contribution in [0.3, 0.4) is 0 Å². The highest BCUT2D eigenvalue weighted by atomic mass is 16.6. The number of carbonyl (C=O) groups excluding carboxylic acids is 1. The summed E-state index contributed by atoms with van der Waals surface area (Å²) in [4.78, 5) is 12.4. The number of esters is 1. The number of carbonyl (C=O) groups is 1. The Morgan fingerprint density at radius 1 is 0.667 bits per heavy atom. The van der Waals surface area contributed by atoms with Crippen LogP contribution >= 0.6 is 0 Å². The molecule has 0 bridgehead atoms. The Balaban J connectivity index is 1.74. The third-order valence-electron chi connectivity index (χ3n) is 6.57. The lowest BCUT2D eigenvalue weighted by Gasteiger charge is -2.18. The average Bonchev–Trinajstić information content (AvgIpc) is 2.90. The molecular formula is C32H48O4. The molecule has 2 rings (SSSR count). The van der Waals surface area contributed by atoms with Gasteiger partial charge in [-0.05, 0) is 55.5 Å². The lowest BCUT2D eigenvalue weighted by molar-refractivity contribution is -0.161. The zero-order chi connectivity index (χ0) is 26.0. The Morgan fingerprint density at radius 2 is 1.17 bits per heavy atom. The van der Waals surface area contributed by atoms with Gasteiger partial charge in [-0.1, -0.05) is 108 Å². The minimum absolute atomic E-state index is 0.309. The molecule has 4 heteroatoms. The molecule has 0 saturated heterocycles. The van der Waals surface area contributed by atoms with Crippen LogP contribution < -0.4 is 4.74 Å². The van der Waals surface area contributed by atoms with Crippen LogP contribution in [0.5, 0.6) is 5.75 Å². The molecule has 36 heavy (non-hydrogen) atoms. The number of rotatable bonds is 19. The lowest BCUT2D eigenvalue weighted by Crippen LogP contribution is -2.25. The van der Waals surface area contributed by atoms with Crippen molar-refractivity contribution in [3.05, 3.63) is 54.1 Å². The van der Waals surface area contributed by atoms with E-state index in [-0.39, 0.29) is 12.1 Å². The fourth-order valence-electron chi connectivity index (χ4n) is 4.13. The minimum Gasteiger partial charge on any atom is -0.494 e. The Hall–Kier alpha value is -2.33. The van der Waals surface area contributed by atoms with Crippen molar-refractivity contribution in [2.24, 2.45) is 0 Å². The van der Waals surface area contributed by atoms with Gasteiger partial charge in [-0.3, -0.25) is 0 Å². The van der Waals surface area contributed by atoms with Gasteiger partial charge in [0.1, 0.15) is 11.9 Å². The van der Waals surface area contributed by atoms with Gasteiger partial charge in [-0.25, -0.2) is 4.79 Å². The highest BCUT2D eigenvalue weighted by molar-refractivity contribution is 5.74. The van der Waals surface area contributed by atoms with E-state index in [9.17, 15) is 4.79 Å². The van der Waals surface area contributed by atoms with Crippen LogP contribution in [0, 0.1) is 0 Å². The standard InChI is InChI=1S/C32H48O4/c1-5-7-9-11-13-15-25-35-31-22-20-30(21-23-31)29-18-16-28(17-19-29)26(3)36-32(33)27(4)34-24-14-12-10-8-6-2/h16-23,26-27H,5-15,24-25H2,1-4H3. The van der Waals surface area contributed by atoms with Crippen molar-refractivity contribution in [2.75, 3.05) is 13.2 Å². The second-order valence-corrected chi connectivity index (χ2v) is 9.77. The molecule has 0 aromatic heterocycles. The molecule has 0 heterocycles. The Kier molecular flexibility index (Phi) is 14.9. The number of ether oxygens (including phenoxy) is 3. The van der Waals surface area contributed by atoms with Gasteiger partial charge < -0.3 is 14.2 Å². The molecule has 0 fully saturated rings. The highest BCUT2D eigenvalue weighted by Gasteiger charge is 2.19. The van der Waals surface area contributed by atoms with Crippen molar-refractivity contribution in [3.8, 4) is 16.9 Å². The highest BCUT2D eigenvalue weighted by Crippen LogP contribution is 2.26. The monoisotopic (exact) mass is 496 g/mol. The van der Waals surface area contributed by atoms with E-state index in [4.69, 9.17) is 14.2 Å². The molecule has 2 unspecified atom stereocenters. The molecule has 0 radical (unpaired) electrons. The molecule has 0 aliphatic rings. The first kappa shape index (κ1) is 29.9. The van der Waals surface area contributed by atoms with E-state index in [2.05, 4.69) is 38.1 Å². The molecule has 2 aromatic carbocycles. The topological polar surface area (TPSA) is 44.8 Å². The van der Waals surface area contributed by atoms with E-state index >= 15 is 0 Å². The van der Waals surface area contributed by atoms with Crippen molar-refractivity contribution in [2.45, 2.75) is 111 Å². The molecule has 4 nitrogen and oxygen atoms in total. The summed E-state index contributed by atoms with van der Waals surface area (Å²) in [6, 6.07) is 16.5. The van der Waals surface area contributed by atoms with Gasteiger partial charge in [-0.15, -0.1) is 0 Å². The number of benzene rings is 2. The summed E-state index contributed by atoms with van der Waals surface area (Å²) in [6.45, 7) is 9.50. The Labute approximate surface area is 219 Å².